The van der Waals surface area contributed by atoms with Gasteiger partial charge in [-0.1, -0.05) is 30.3 Å². The average Bonchev–Trinajstić information content (AvgIpc) is 3.14. The molecular formula is C14H16N4. The van der Waals surface area contributed by atoms with Gasteiger partial charge < -0.3 is 11.1 Å². The Balaban J connectivity index is 1.71. The largest absolute Gasteiger partial charge is 0.368 e. The summed E-state index contributed by atoms with van der Waals surface area (Å²) in [6.07, 6.45) is 2.90. The zero-order chi connectivity index (χ0) is 12.5. The molecular weight excluding hydrogens is 224 g/mol. The van der Waals surface area contributed by atoms with Gasteiger partial charge in [0.1, 0.15) is 5.82 Å². The van der Waals surface area contributed by atoms with E-state index in [0.29, 0.717) is 17.9 Å². The van der Waals surface area contributed by atoms with Gasteiger partial charge in [-0.3, -0.25) is 0 Å². The predicted octanol–water partition coefficient (Wildman–Crippen LogP) is 2.34. The number of hydrogen-bond acceptors (Lipinski definition) is 4. The predicted molar refractivity (Wildman–Crippen MR) is 72.4 cm³/mol. The standard InChI is InChI=1S/C14H16N4/c1-9-8-16-14(15)18-13(9)17-12-7-11(12)10-5-3-2-4-6-10/h2-6,8,11-12H,7H2,1H3,(H3,15,16,17,18)/t11-,12+/m1/s1. The number of aromatic nitrogens is 2. The van der Waals surface area contributed by atoms with Gasteiger partial charge in [0.25, 0.3) is 0 Å². The van der Waals surface area contributed by atoms with Gasteiger partial charge in [-0.25, -0.2) is 4.98 Å². The molecule has 0 spiro atoms. The van der Waals surface area contributed by atoms with Gasteiger partial charge in [-0.2, -0.15) is 4.98 Å². The van der Waals surface area contributed by atoms with Crippen LogP contribution >= 0.6 is 0 Å². The smallest absolute Gasteiger partial charge is 0.221 e. The third-order valence-electron chi connectivity index (χ3n) is 3.33. The van der Waals surface area contributed by atoms with Gasteiger partial charge in [0.05, 0.1) is 0 Å². The molecule has 0 bridgehead atoms. The van der Waals surface area contributed by atoms with Crippen molar-refractivity contribution in [1.29, 1.82) is 0 Å². The summed E-state index contributed by atoms with van der Waals surface area (Å²) in [5.41, 5.74) is 8.02. The maximum Gasteiger partial charge on any atom is 0.221 e. The van der Waals surface area contributed by atoms with Crippen LogP contribution in [-0.4, -0.2) is 16.0 Å². The maximum atomic E-state index is 5.61. The number of rotatable bonds is 3. The zero-order valence-electron chi connectivity index (χ0n) is 10.3. The van der Waals surface area contributed by atoms with Crippen molar-refractivity contribution in [2.24, 2.45) is 0 Å². The molecule has 0 unspecified atom stereocenters. The Kier molecular flexibility index (Phi) is 2.63. The third kappa shape index (κ3) is 2.14. The van der Waals surface area contributed by atoms with Crippen molar-refractivity contribution in [3.8, 4) is 0 Å². The van der Waals surface area contributed by atoms with Crippen molar-refractivity contribution >= 4 is 11.8 Å². The first-order valence-corrected chi connectivity index (χ1v) is 6.14. The molecule has 0 aliphatic heterocycles. The summed E-state index contributed by atoms with van der Waals surface area (Å²) in [7, 11) is 0. The van der Waals surface area contributed by atoms with Crippen LogP contribution in [0.2, 0.25) is 0 Å². The van der Waals surface area contributed by atoms with E-state index in [1.54, 1.807) is 6.20 Å². The number of aryl methyl sites for hydroxylation is 1. The first-order chi connectivity index (χ1) is 8.74. The second-order valence-electron chi connectivity index (χ2n) is 4.76. The molecule has 2 aromatic rings. The van der Waals surface area contributed by atoms with Crippen LogP contribution in [0.5, 0.6) is 0 Å². The molecule has 4 nitrogen and oxygen atoms in total. The number of nitrogens with zero attached hydrogens (tertiary/aromatic N) is 2. The number of nitrogen functional groups attached to an aromatic ring is 1. The van der Waals surface area contributed by atoms with Crippen LogP contribution in [0.3, 0.4) is 0 Å². The lowest BCUT2D eigenvalue weighted by Crippen LogP contribution is -2.09. The Morgan fingerprint density at radius 3 is 2.83 bits per heavy atom. The van der Waals surface area contributed by atoms with Gasteiger partial charge in [0.15, 0.2) is 0 Å². The lowest BCUT2D eigenvalue weighted by Gasteiger charge is -2.08. The Hall–Kier alpha value is -2.10. The van der Waals surface area contributed by atoms with Gasteiger partial charge in [-0.05, 0) is 18.9 Å². The Bertz CT molecular complexity index is 553. The summed E-state index contributed by atoms with van der Waals surface area (Å²) >= 11 is 0. The van der Waals surface area contributed by atoms with E-state index in [1.165, 1.54) is 5.56 Å². The first kappa shape index (κ1) is 11.0. The molecule has 4 heteroatoms. The number of anilines is 2. The lowest BCUT2D eigenvalue weighted by molar-refractivity contribution is 1.01. The molecule has 1 saturated carbocycles. The molecule has 0 saturated heterocycles. The third-order valence-corrected chi connectivity index (χ3v) is 3.33. The van der Waals surface area contributed by atoms with Gasteiger partial charge in [0, 0.05) is 23.7 Å². The van der Waals surface area contributed by atoms with Crippen LogP contribution in [0.1, 0.15) is 23.5 Å². The Morgan fingerprint density at radius 2 is 2.06 bits per heavy atom. The molecule has 1 aromatic carbocycles. The maximum absolute atomic E-state index is 5.61. The van der Waals surface area contributed by atoms with Crippen LogP contribution in [0.25, 0.3) is 0 Å². The van der Waals surface area contributed by atoms with Gasteiger partial charge in [0.2, 0.25) is 5.95 Å². The summed E-state index contributed by atoms with van der Waals surface area (Å²) in [6, 6.07) is 11.0. The SMILES string of the molecule is Cc1cnc(N)nc1N[C@H]1C[C@@H]1c1ccccc1. The number of benzene rings is 1. The second-order valence-corrected chi connectivity index (χ2v) is 4.76. The van der Waals surface area contributed by atoms with E-state index >= 15 is 0 Å². The van der Waals surface area contributed by atoms with E-state index in [1.807, 2.05) is 13.0 Å². The highest BCUT2D eigenvalue weighted by Crippen LogP contribution is 2.42. The molecule has 0 radical (unpaired) electrons. The van der Waals surface area contributed by atoms with Crippen LogP contribution < -0.4 is 11.1 Å². The van der Waals surface area contributed by atoms with Crippen molar-refractivity contribution < 1.29 is 0 Å². The van der Waals surface area contributed by atoms with Crippen molar-refractivity contribution in [3.05, 3.63) is 47.7 Å². The average molecular weight is 240 g/mol. The molecule has 1 aliphatic carbocycles. The van der Waals surface area contributed by atoms with Crippen molar-refractivity contribution in [2.45, 2.75) is 25.3 Å². The minimum absolute atomic E-state index is 0.319. The van der Waals surface area contributed by atoms with Crippen molar-refractivity contribution in [1.82, 2.24) is 9.97 Å². The summed E-state index contributed by atoms with van der Waals surface area (Å²) in [6.45, 7) is 1.99. The summed E-state index contributed by atoms with van der Waals surface area (Å²) in [4.78, 5) is 8.21. The molecule has 2 atom stereocenters. The van der Waals surface area contributed by atoms with E-state index in [2.05, 4.69) is 39.6 Å². The van der Waals surface area contributed by atoms with E-state index in [4.69, 9.17) is 5.73 Å². The highest BCUT2D eigenvalue weighted by molar-refractivity contribution is 5.48. The monoisotopic (exact) mass is 240 g/mol. The van der Waals surface area contributed by atoms with Crippen LogP contribution in [-0.2, 0) is 0 Å². The summed E-state index contributed by atoms with van der Waals surface area (Å²) in [5.74, 6) is 1.76. The molecule has 1 heterocycles. The molecule has 18 heavy (non-hydrogen) atoms. The Labute approximate surface area is 106 Å². The zero-order valence-corrected chi connectivity index (χ0v) is 10.3. The molecule has 1 fully saturated rings. The molecule has 3 N–H and O–H groups in total. The fraction of sp³-hybridized carbons (Fsp3) is 0.286. The first-order valence-electron chi connectivity index (χ1n) is 6.14. The molecule has 1 aliphatic rings. The highest BCUT2D eigenvalue weighted by Gasteiger charge is 2.38. The fourth-order valence-electron chi connectivity index (χ4n) is 2.20. The molecule has 3 rings (SSSR count). The van der Waals surface area contributed by atoms with E-state index in [-0.39, 0.29) is 0 Å². The van der Waals surface area contributed by atoms with E-state index in [0.717, 1.165) is 17.8 Å². The second kappa shape index (κ2) is 4.29. The highest BCUT2D eigenvalue weighted by atomic mass is 15.1. The van der Waals surface area contributed by atoms with E-state index in [9.17, 15) is 0 Å². The molecule has 0 amide bonds. The normalized spacial score (nSPS) is 21.6. The lowest BCUT2D eigenvalue weighted by atomic mass is 10.1. The molecule has 92 valence electrons. The fourth-order valence-corrected chi connectivity index (χ4v) is 2.20. The van der Waals surface area contributed by atoms with E-state index < -0.39 is 0 Å². The van der Waals surface area contributed by atoms with Gasteiger partial charge in [-0.15, -0.1) is 0 Å². The number of nitrogens with two attached hydrogens (primary N) is 1. The topological polar surface area (TPSA) is 63.8 Å². The Morgan fingerprint density at radius 1 is 1.28 bits per heavy atom. The minimum Gasteiger partial charge on any atom is -0.368 e. The number of hydrogen-bond donors (Lipinski definition) is 2. The van der Waals surface area contributed by atoms with Crippen LogP contribution in [0.4, 0.5) is 11.8 Å². The summed E-state index contributed by atoms with van der Waals surface area (Å²) < 4.78 is 0. The van der Waals surface area contributed by atoms with Crippen LogP contribution in [0.15, 0.2) is 36.5 Å². The summed E-state index contributed by atoms with van der Waals surface area (Å²) in [5, 5.41) is 3.44. The molecule has 1 aromatic heterocycles. The minimum atomic E-state index is 0.319. The van der Waals surface area contributed by atoms with Crippen molar-refractivity contribution in [3.63, 3.8) is 0 Å². The van der Waals surface area contributed by atoms with Crippen LogP contribution in [0, 0.1) is 6.92 Å². The van der Waals surface area contributed by atoms with Crippen molar-refractivity contribution in [2.75, 3.05) is 11.1 Å². The number of nitrogens with one attached hydrogen (secondary N) is 1. The van der Waals surface area contributed by atoms with Gasteiger partial charge >= 0.3 is 0 Å². The quantitative estimate of drug-likeness (QED) is 0.864.